The van der Waals surface area contributed by atoms with E-state index in [9.17, 15) is 13.2 Å². The number of nitrogens with two attached hydrogens (primary N) is 1. The average Bonchev–Trinajstić information content (AvgIpc) is 2.77. The van der Waals surface area contributed by atoms with Gasteiger partial charge in [0.2, 0.25) is 0 Å². The molecule has 0 spiro atoms. The lowest BCUT2D eigenvalue weighted by Gasteiger charge is -2.14. The van der Waals surface area contributed by atoms with E-state index in [1.165, 1.54) is 4.90 Å². The van der Waals surface area contributed by atoms with Crippen LogP contribution in [0.3, 0.4) is 0 Å². The van der Waals surface area contributed by atoms with Gasteiger partial charge in [0.1, 0.15) is 0 Å². The summed E-state index contributed by atoms with van der Waals surface area (Å²) in [7, 11) is -0.445. The zero-order valence-electron chi connectivity index (χ0n) is 18.4. The second-order valence-electron chi connectivity index (χ2n) is 7.66. The van der Waals surface area contributed by atoms with Crippen molar-refractivity contribution in [1.82, 2.24) is 4.90 Å². The number of rotatable bonds is 8. The highest BCUT2D eigenvalue weighted by Crippen LogP contribution is 2.28. The van der Waals surface area contributed by atoms with E-state index in [-0.39, 0.29) is 10.8 Å². The number of nitrogens with one attached hydrogen (secondary N) is 2. The number of aryl methyl sites for hydroxylation is 1. The van der Waals surface area contributed by atoms with E-state index in [1.807, 2.05) is 18.2 Å². The van der Waals surface area contributed by atoms with Crippen molar-refractivity contribution in [3.05, 3.63) is 77.9 Å². The lowest BCUT2D eigenvalue weighted by molar-refractivity contribution is 0.0827. The largest absolute Gasteiger partial charge is 0.384 e. The van der Waals surface area contributed by atoms with Gasteiger partial charge in [-0.15, -0.1) is 0 Å². The van der Waals surface area contributed by atoms with Crippen molar-refractivity contribution in [2.45, 2.75) is 11.8 Å². The smallest absolute Gasteiger partial charge is 0.262 e. The van der Waals surface area contributed by atoms with Gasteiger partial charge in [-0.2, -0.15) is 0 Å². The number of nitrogens with zero attached hydrogens (tertiary/aromatic N) is 1. The van der Waals surface area contributed by atoms with Gasteiger partial charge < -0.3 is 16.0 Å². The summed E-state index contributed by atoms with van der Waals surface area (Å²) in [5.74, 6) is -0.114. The SMILES string of the molecule is Cc1ccc(-c2cccc(C(=O)N(C)C)c2)cc1S(=O)(=O)Nc1cccc(NCCN)c1. The molecule has 3 aromatic rings. The van der Waals surface area contributed by atoms with Crippen molar-refractivity contribution in [3.63, 3.8) is 0 Å². The maximum atomic E-state index is 13.2. The average molecular weight is 453 g/mol. The van der Waals surface area contributed by atoms with Crippen LogP contribution in [-0.4, -0.2) is 46.4 Å². The molecule has 3 aromatic carbocycles. The van der Waals surface area contributed by atoms with Gasteiger partial charge in [0, 0.05) is 38.4 Å². The third-order valence-electron chi connectivity index (χ3n) is 4.91. The Hall–Kier alpha value is -3.36. The maximum absolute atomic E-state index is 13.2. The summed E-state index contributed by atoms with van der Waals surface area (Å²) in [5, 5.41) is 3.13. The molecule has 168 valence electrons. The number of carbonyl (C=O) groups is 1. The second-order valence-corrected chi connectivity index (χ2v) is 9.31. The molecule has 0 heterocycles. The molecule has 32 heavy (non-hydrogen) atoms. The van der Waals surface area contributed by atoms with Crippen LogP contribution in [0.25, 0.3) is 11.1 Å². The molecule has 0 saturated carbocycles. The van der Waals surface area contributed by atoms with E-state index in [0.717, 1.165) is 11.3 Å². The van der Waals surface area contributed by atoms with E-state index in [1.54, 1.807) is 69.6 Å². The summed E-state index contributed by atoms with van der Waals surface area (Å²) in [6.45, 7) is 2.82. The fraction of sp³-hybridized carbons (Fsp3) is 0.208. The number of hydrogen-bond acceptors (Lipinski definition) is 5. The number of sulfonamides is 1. The highest BCUT2D eigenvalue weighted by Gasteiger charge is 2.19. The molecule has 0 fully saturated rings. The summed E-state index contributed by atoms with van der Waals surface area (Å²) < 4.78 is 29.0. The molecule has 0 aliphatic heterocycles. The first-order valence-electron chi connectivity index (χ1n) is 10.2. The number of benzene rings is 3. The molecule has 0 radical (unpaired) electrons. The molecule has 7 nitrogen and oxygen atoms in total. The van der Waals surface area contributed by atoms with Crippen LogP contribution in [0, 0.1) is 6.92 Å². The highest BCUT2D eigenvalue weighted by atomic mass is 32.2. The standard InChI is InChI=1S/C24H28N4O3S/c1-17-10-11-19(18-6-4-7-20(14-18)24(29)28(2)3)15-23(17)32(30,31)27-22-9-5-8-21(16-22)26-13-12-25/h4-11,14-16,26-27H,12-13,25H2,1-3H3. The lowest BCUT2D eigenvalue weighted by Crippen LogP contribution is -2.21. The zero-order chi connectivity index (χ0) is 23.3. The third-order valence-corrected chi connectivity index (χ3v) is 6.44. The molecule has 0 bridgehead atoms. The van der Waals surface area contributed by atoms with Crippen molar-refractivity contribution in [2.75, 3.05) is 37.2 Å². The fourth-order valence-corrected chi connectivity index (χ4v) is 4.60. The first kappa shape index (κ1) is 23.3. The van der Waals surface area contributed by atoms with E-state index in [2.05, 4.69) is 10.0 Å². The Morgan fingerprint density at radius 2 is 1.62 bits per heavy atom. The normalized spacial score (nSPS) is 11.1. The van der Waals surface area contributed by atoms with Crippen molar-refractivity contribution in [1.29, 1.82) is 0 Å². The van der Waals surface area contributed by atoms with E-state index in [0.29, 0.717) is 35.5 Å². The Morgan fingerprint density at radius 3 is 2.34 bits per heavy atom. The van der Waals surface area contributed by atoms with Gasteiger partial charge in [0.05, 0.1) is 10.6 Å². The van der Waals surface area contributed by atoms with Gasteiger partial charge in [0.15, 0.2) is 0 Å². The van der Waals surface area contributed by atoms with E-state index in [4.69, 9.17) is 5.73 Å². The Balaban J connectivity index is 1.93. The Labute approximate surface area is 189 Å². The molecule has 0 saturated heterocycles. The molecule has 3 rings (SSSR count). The summed E-state index contributed by atoms with van der Waals surface area (Å²) >= 11 is 0. The van der Waals surface area contributed by atoms with Crippen LogP contribution >= 0.6 is 0 Å². The van der Waals surface area contributed by atoms with Crippen molar-refractivity contribution in [3.8, 4) is 11.1 Å². The van der Waals surface area contributed by atoms with Crippen LogP contribution in [0.1, 0.15) is 15.9 Å². The van der Waals surface area contributed by atoms with Gasteiger partial charge in [-0.3, -0.25) is 9.52 Å². The van der Waals surface area contributed by atoms with Crippen LogP contribution in [0.4, 0.5) is 11.4 Å². The predicted octanol–water partition coefficient (Wildman–Crippen LogP) is 3.54. The van der Waals surface area contributed by atoms with Crippen molar-refractivity contribution in [2.24, 2.45) is 5.73 Å². The minimum Gasteiger partial charge on any atom is -0.384 e. The molecule has 0 aliphatic carbocycles. The number of carbonyl (C=O) groups excluding carboxylic acids is 1. The highest BCUT2D eigenvalue weighted by molar-refractivity contribution is 7.92. The molecule has 8 heteroatoms. The maximum Gasteiger partial charge on any atom is 0.262 e. The minimum atomic E-state index is -3.83. The van der Waals surface area contributed by atoms with Gasteiger partial charge in [-0.25, -0.2) is 8.42 Å². The molecular formula is C24H28N4O3S. The molecule has 1 amide bonds. The summed E-state index contributed by atoms with van der Waals surface area (Å²) in [5.41, 5.74) is 9.39. The van der Waals surface area contributed by atoms with Crippen LogP contribution in [0.2, 0.25) is 0 Å². The minimum absolute atomic E-state index is 0.114. The second kappa shape index (κ2) is 9.84. The van der Waals surface area contributed by atoms with Gasteiger partial charge in [-0.05, 0) is 60.0 Å². The Morgan fingerprint density at radius 1 is 0.938 bits per heavy atom. The van der Waals surface area contributed by atoms with Crippen LogP contribution in [-0.2, 0) is 10.0 Å². The van der Waals surface area contributed by atoms with Crippen molar-refractivity contribution >= 4 is 27.3 Å². The zero-order valence-corrected chi connectivity index (χ0v) is 19.2. The first-order valence-corrected chi connectivity index (χ1v) is 11.7. The van der Waals surface area contributed by atoms with Gasteiger partial charge in [0.25, 0.3) is 15.9 Å². The number of amides is 1. The summed E-state index contributed by atoms with van der Waals surface area (Å²) in [4.78, 5) is 14.0. The van der Waals surface area contributed by atoms with Gasteiger partial charge in [-0.1, -0.05) is 30.3 Å². The van der Waals surface area contributed by atoms with Gasteiger partial charge >= 0.3 is 0 Å². The summed E-state index contributed by atoms with van der Waals surface area (Å²) in [6, 6.07) is 19.4. The van der Waals surface area contributed by atoms with E-state index >= 15 is 0 Å². The van der Waals surface area contributed by atoms with Crippen LogP contribution in [0.15, 0.2) is 71.6 Å². The predicted molar refractivity (Wildman–Crippen MR) is 129 cm³/mol. The Bertz CT molecular complexity index is 1220. The molecule has 0 atom stereocenters. The lowest BCUT2D eigenvalue weighted by atomic mass is 10.0. The van der Waals surface area contributed by atoms with Crippen molar-refractivity contribution < 1.29 is 13.2 Å². The van der Waals surface area contributed by atoms with Crippen LogP contribution in [0.5, 0.6) is 0 Å². The third kappa shape index (κ3) is 5.46. The van der Waals surface area contributed by atoms with Crippen LogP contribution < -0.4 is 15.8 Å². The molecule has 0 unspecified atom stereocenters. The fourth-order valence-electron chi connectivity index (χ4n) is 3.28. The number of anilines is 2. The number of hydrogen-bond donors (Lipinski definition) is 3. The quantitative estimate of drug-likeness (QED) is 0.485. The topological polar surface area (TPSA) is 105 Å². The first-order chi connectivity index (χ1) is 15.2. The Kier molecular flexibility index (Phi) is 7.17. The molecule has 0 aliphatic rings. The molecule has 4 N–H and O–H groups in total. The summed E-state index contributed by atoms with van der Waals surface area (Å²) in [6.07, 6.45) is 0. The van der Waals surface area contributed by atoms with E-state index < -0.39 is 10.0 Å². The monoisotopic (exact) mass is 452 g/mol. The molecule has 0 aromatic heterocycles. The molecular weight excluding hydrogens is 424 g/mol.